The molecule has 0 aliphatic rings. The van der Waals surface area contributed by atoms with Crippen molar-refractivity contribution in [3.05, 3.63) is 27.8 Å². The number of benzene rings is 1. The van der Waals surface area contributed by atoms with Crippen LogP contribution >= 0.6 is 0 Å². The molecule has 0 heterocycles. The van der Waals surface area contributed by atoms with Gasteiger partial charge in [-0.1, -0.05) is 20.3 Å². The lowest BCUT2D eigenvalue weighted by Gasteiger charge is -2.15. The maximum atomic E-state index is 11.1. The minimum absolute atomic E-state index is 0.168. The van der Waals surface area contributed by atoms with Gasteiger partial charge in [-0.3, -0.25) is 10.1 Å². The molecule has 1 aromatic carbocycles. The van der Waals surface area contributed by atoms with Gasteiger partial charge in [0.1, 0.15) is 5.56 Å². The summed E-state index contributed by atoms with van der Waals surface area (Å²) < 4.78 is 10.6. The number of nitrogens with zero attached hydrogens (tertiary/aromatic N) is 1. The van der Waals surface area contributed by atoms with Crippen LogP contribution in [-0.4, -0.2) is 29.7 Å². The molecule has 1 aromatic rings. The van der Waals surface area contributed by atoms with E-state index in [-0.39, 0.29) is 17.4 Å². The van der Waals surface area contributed by atoms with Crippen LogP contribution in [0.1, 0.15) is 37.0 Å². The molecule has 0 aliphatic heterocycles. The highest BCUT2D eigenvalue weighted by molar-refractivity contribution is 5.93. The van der Waals surface area contributed by atoms with Crippen molar-refractivity contribution in [2.75, 3.05) is 13.7 Å². The Kier molecular flexibility index (Phi) is 5.95. The maximum absolute atomic E-state index is 11.1. The lowest BCUT2D eigenvalue weighted by atomic mass is 10.1. The molecule has 21 heavy (non-hydrogen) atoms. The fourth-order valence-electron chi connectivity index (χ4n) is 1.95. The van der Waals surface area contributed by atoms with Crippen LogP contribution in [0.3, 0.4) is 0 Å². The summed E-state index contributed by atoms with van der Waals surface area (Å²) >= 11 is 0. The zero-order chi connectivity index (χ0) is 16.0. The number of rotatable bonds is 8. The van der Waals surface area contributed by atoms with E-state index in [1.54, 1.807) is 0 Å². The molecule has 0 saturated heterocycles. The summed E-state index contributed by atoms with van der Waals surface area (Å²) in [5.74, 6) is -0.748. The Labute approximate surface area is 122 Å². The van der Waals surface area contributed by atoms with E-state index in [0.29, 0.717) is 6.61 Å². The molecule has 1 atom stereocenters. The highest BCUT2D eigenvalue weighted by Crippen LogP contribution is 2.35. The molecule has 0 amide bonds. The summed E-state index contributed by atoms with van der Waals surface area (Å²) in [5.41, 5.74) is -0.938. The van der Waals surface area contributed by atoms with Crippen molar-refractivity contribution in [2.24, 2.45) is 5.92 Å². The molecule has 0 aromatic heterocycles. The molecule has 0 spiro atoms. The Hall–Kier alpha value is -2.31. The van der Waals surface area contributed by atoms with E-state index in [1.165, 1.54) is 7.11 Å². The second-order valence-electron chi connectivity index (χ2n) is 4.79. The largest absolute Gasteiger partial charge is 0.493 e. The van der Waals surface area contributed by atoms with E-state index in [4.69, 9.17) is 14.6 Å². The van der Waals surface area contributed by atoms with Crippen LogP contribution in [0, 0.1) is 16.0 Å². The summed E-state index contributed by atoms with van der Waals surface area (Å²) in [7, 11) is 1.36. The minimum Gasteiger partial charge on any atom is -0.493 e. The molecule has 0 radical (unpaired) electrons. The first-order valence-corrected chi connectivity index (χ1v) is 6.63. The molecule has 1 unspecified atom stereocenters. The molecule has 0 saturated carbocycles. The normalized spacial score (nSPS) is 11.8. The number of ether oxygens (including phenoxy) is 2. The summed E-state index contributed by atoms with van der Waals surface area (Å²) in [6.07, 6.45) is 1.98. The Morgan fingerprint density at radius 1 is 1.43 bits per heavy atom. The van der Waals surface area contributed by atoms with E-state index in [0.717, 1.165) is 25.0 Å². The first-order chi connectivity index (χ1) is 9.90. The topological polar surface area (TPSA) is 98.9 Å². The smallest absolute Gasteiger partial charge is 0.342 e. The predicted molar refractivity (Wildman–Crippen MR) is 76.2 cm³/mol. The fraction of sp³-hybridized carbons (Fsp3) is 0.500. The summed E-state index contributed by atoms with van der Waals surface area (Å²) in [6.45, 7) is 4.45. The van der Waals surface area contributed by atoms with E-state index >= 15 is 0 Å². The van der Waals surface area contributed by atoms with Gasteiger partial charge < -0.3 is 14.6 Å². The van der Waals surface area contributed by atoms with Gasteiger partial charge in [-0.25, -0.2) is 4.79 Å². The number of carbonyl (C=O) groups is 1. The fourth-order valence-corrected chi connectivity index (χ4v) is 1.95. The predicted octanol–water partition coefficient (Wildman–Crippen LogP) is 3.12. The number of methoxy groups -OCH3 is 1. The third kappa shape index (κ3) is 4.34. The number of hydrogen-bond acceptors (Lipinski definition) is 5. The van der Waals surface area contributed by atoms with Crippen molar-refractivity contribution in [1.29, 1.82) is 0 Å². The lowest BCUT2D eigenvalue weighted by Crippen LogP contribution is -2.10. The monoisotopic (exact) mass is 297 g/mol. The van der Waals surface area contributed by atoms with Crippen LogP contribution in [0.25, 0.3) is 0 Å². The van der Waals surface area contributed by atoms with Gasteiger partial charge >= 0.3 is 5.97 Å². The van der Waals surface area contributed by atoms with Gasteiger partial charge in [0.15, 0.2) is 11.5 Å². The lowest BCUT2D eigenvalue weighted by molar-refractivity contribution is -0.385. The summed E-state index contributed by atoms with van der Waals surface area (Å²) in [6, 6.07) is 2.21. The maximum Gasteiger partial charge on any atom is 0.342 e. The van der Waals surface area contributed by atoms with Gasteiger partial charge in [0, 0.05) is 6.07 Å². The molecule has 1 rings (SSSR count). The number of carboxylic acids is 1. The van der Waals surface area contributed by atoms with Crippen LogP contribution in [0.2, 0.25) is 0 Å². The van der Waals surface area contributed by atoms with Crippen molar-refractivity contribution >= 4 is 11.7 Å². The highest BCUT2D eigenvalue weighted by Gasteiger charge is 2.24. The molecule has 7 nitrogen and oxygen atoms in total. The third-order valence-electron chi connectivity index (χ3n) is 3.01. The zero-order valence-electron chi connectivity index (χ0n) is 12.3. The van der Waals surface area contributed by atoms with Gasteiger partial charge in [-0.05, 0) is 12.3 Å². The van der Waals surface area contributed by atoms with Gasteiger partial charge in [0.2, 0.25) is 0 Å². The Morgan fingerprint density at radius 3 is 2.57 bits per heavy atom. The van der Waals surface area contributed by atoms with Crippen LogP contribution < -0.4 is 9.47 Å². The average molecular weight is 297 g/mol. The Bertz CT molecular complexity index is 528. The van der Waals surface area contributed by atoms with Gasteiger partial charge in [0.05, 0.1) is 24.7 Å². The first-order valence-electron chi connectivity index (χ1n) is 6.63. The number of nitro groups is 1. The molecule has 0 bridgehead atoms. The SMILES string of the molecule is CCCC(C)COc1cc([N+](=O)[O-])c(C(=O)O)cc1OC. The first kappa shape index (κ1) is 16.7. The van der Waals surface area contributed by atoms with E-state index in [2.05, 4.69) is 6.92 Å². The minimum atomic E-state index is -1.38. The number of hydrogen-bond donors (Lipinski definition) is 1. The standard InChI is InChI=1S/C14H19NO6/c1-4-5-9(2)8-21-13-7-11(15(18)19)10(14(16)17)6-12(13)20-3/h6-7,9H,4-5,8H2,1-3H3,(H,16,17). The molecule has 0 fully saturated rings. The molecular formula is C14H19NO6. The van der Waals surface area contributed by atoms with Crippen LogP contribution in [-0.2, 0) is 0 Å². The van der Waals surface area contributed by atoms with Gasteiger partial charge in [-0.2, -0.15) is 0 Å². The summed E-state index contributed by atoms with van der Waals surface area (Å²) in [5, 5.41) is 20.0. The van der Waals surface area contributed by atoms with Gasteiger partial charge in [-0.15, -0.1) is 0 Å². The van der Waals surface area contributed by atoms with Crippen LogP contribution in [0.15, 0.2) is 12.1 Å². The summed E-state index contributed by atoms with van der Waals surface area (Å²) in [4.78, 5) is 21.3. The highest BCUT2D eigenvalue weighted by atomic mass is 16.6. The number of aromatic carboxylic acids is 1. The molecule has 116 valence electrons. The van der Waals surface area contributed by atoms with E-state index in [9.17, 15) is 14.9 Å². The molecule has 0 aliphatic carbocycles. The van der Waals surface area contributed by atoms with Crippen molar-refractivity contribution in [3.8, 4) is 11.5 Å². The second-order valence-corrected chi connectivity index (χ2v) is 4.79. The van der Waals surface area contributed by atoms with Gasteiger partial charge in [0.25, 0.3) is 5.69 Å². The Balaban J connectivity index is 3.10. The second kappa shape index (κ2) is 7.47. The zero-order valence-corrected chi connectivity index (χ0v) is 12.3. The molecule has 1 N–H and O–H groups in total. The molecule has 7 heteroatoms. The number of nitro benzene ring substituents is 1. The van der Waals surface area contributed by atoms with Crippen molar-refractivity contribution in [2.45, 2.75) is 26.7 Å². The quantitative estimate of drug-likeness (QED) is 0.584. The van der Waals surface area contributed by atoms with Crippen LogP contribution in [0.5, 0.6) is 11.5 Å². The van der Waals surface area contributed by atoms with E-state index in [1.807, 2.05) is 6.92 Å². The third-order valence-corrected chi connectivity index (χ3v) is 3.01. The van der Waals surface area contributed by atoms with Crippen molar-refractivity contribution < 1.29 is 24.3 Å². The van der Waals surface area contributed by atoms with Crippen molar-refractivity contribution in [1.82, 2.24) is 0 Å². The molecular weight excluding hydrogens is 278 g/mol. The average Bonchev–Trinajstić information content (AvgIpc) is 2.44. The Morgan fingerprint density at radius 2 is 2.10 bits per heavy atom. The number of carboxylic acid groups (broad SMARTS) is 1. The van der Waals surface area contributed by atoms with E-state index < -0.39 is 22.1 Å². The van der Waals surface area contributed by atoms with Crippen LogP contribution in [0.4, 0.5) is 5.69 Å². The van der Waals surface area contributed by atoms with Crippen molar-refractivity contribution in [3.63, 3.8) is 0 Å².